The number of esters is 1. The normalized spacial score (nSPS) is 17.2. The molecule has 0 saturated heterocycles. The third-order valence-electron chi connectivity index (χ3n) is 4.06. The Kier molecular flexibility index (Phi) is 4.47. The maximum absolute atomic E-state index is 13.1. The van der Waals surface area contributed by atoms with Gasteiger partial charge in [-0.1, -0.05) is 23.5 Å². The van der Waals surface area contributed by atoms with Gasteiger partial charge in [-0.05, 0) is 35.9 Å². The molecule has 0 aliphatic carbocycles. The first kappa shape index (κ1) is 17.1. The fourth-order valence-corrected chi connectivity index (χ4v) is 5.50. The van der Waals surface area contributed by atoms with Crippen LogP contribution < -0.4 is 14.9 Å². The molecule has 5 nitrogen and oxygen atoms in total. The number of nitrogens with zero attached hydrogens (tertiary/aromatic N) is 2. The Hall–Kier alpha value is -2.29. The van der Waals surface area contributed by atoms with Gasteiger partial charge in [-0.3, -0.25) is 9.36 Å². The summed E-state index contributed by atoms with van der Waals surface area (Å²) in [6.45, 7) is 1.78. The molecule has 4 rings (SSSR count). The van der Waals surface area contributed by atoms with Crippen molar-refractivity contribution in [2.75, 3.05) is 7.11 Å². The molecule has 0 aromatic carbocycles. The Balaban J connectivity index is 2.00. The number of carbonyl (C=O) groups is 1. The number of methoxy groups -OCH3 is 1. The van der Waals surface area contributed by atoms with E-state index in [1.54, 1.807) is 22.8 Å². The van der Waals surface area contributed by atoms with Crippen molar-refractivity contribution in [1.82, 2.24) is 4.57 Å². The lowest BCUT2D eigenvalue weighted by Gasteiger charge is -2.22. The minimum absolute atomic E-state index is 0.144. The molecule has 3 aromatic rings. The quantitative estimate of drug-likeness (QED) is 0.633. The minimum Gasteiger partial charge on any atom is -0.466 e. The summed E-state index contributed by atoms with van der Waals surface area (Å²) < 4.78 is 7.17. The number of thiazole rings is 1. The van der Waals surface area contributed by atoms with Crippen LogP contribution in [0.25, 0.3) is 6.08 Å². The van der Waals surface area contributed by atoms with Crippen LogP contribution in [0.3, 0.4) is 0 Å². The van der Waals surface area contributed by atoms with E-state index >= 15 is 0 Å². The van der Waals surface area contributed by atoms with E-state index in [1.165, 1.54) is 29.8 Å². The molecular formula is C18H14N2O3S3. The summed E-state index contributed by atoms with van der Waals surface area (Å²) in [5.41, 5.74) is 0.846. The average Bonchev–Trinajstić information content (AvgIpc) is 3.37. The van der Waals surface area contributed by atoms with Crippen molar-refractivity contribution in [3.63, 3.8) is 0 Å². The number of allylic oxidation sites excluding steroid dienone is 1. The summed E-state index contributed by atoms with van der Waals surface area (Å²) in [4.78, 5) is 32.6. The van der Waals surface area contributed by atoms with Crippen molar-refractivity contribution < 1.29 is 9.53 Å². The average molecular weight is 403 g/mol. The number of thiophene rings is 2. The fourth-order valence-electron chi connectivity index (χ4n) is 2.91. The van der Waals surface area contributed by atoms with Crippen molar-refractivity contribution in [1.29, 1.82) is 0 Å². The van der Waals surface area contributed by atoms with Gasteiger partial charge in [0.15, 0.2) is 4.80 Å². The molecular weight excluding hydrogens is 388 g/mol. The Morgan fingerprint density at radius 2 is 2.04 bits per heavy atom. The first-order valence-corrected chi connectivity index (χ1v) is 10.4. The topological polar surface area (TPSA) is 60.7 Å². The molecule has 0 fully saturated rings. The van der Waals surface area contributed by atoms with Crippen molar-refractivity contribution in [3.8, 4) is 0 Å². The van der Waals surface area contributed by atoms with E-state index in [0.29, 0.717) is 20.6 Å². The van der Waals surface area contributed by atoms with Gasteiger partial charge in [-0.2, -0.15) is 0 Å². The van der Waals surface area contributed by atoms with E-state index in [1.807, 2.05) is 41.1 Å². The van der Waals surface area contributed by atoms with E-state index in [2.05, 4.69) is 4.99 Å². The second-order valence-electron chi connectivity index (χ2n) is 5.60. The molecule has 0 bridgehead atoms. The van der Waals surface area contributed by atoms with Crippen LogP contribution in [0.4, 0.5) is 0 Å². The summed E-state index contributed by atoms with van der Waals surface area (Å²) in [6, 6.07) is 7.23. The highest BCUT2D eigenvalue weighted by atomic mass is 32.1. The zero-order valence-electron chi connectivity index (χ0n) is 14.0. The Labute approximate surface area is 160 Å². The molecule has 26 heavy (non-hydrogen) atoms. The molecule has 8 heteroatoms. The third-order valence-corrected chi connectivity index (χ3v) is 6.78. The highest BCUT2D eigenvalue weighted by Gasteiger charge is 2.33. The van der Waals surface area contributed by atoms with Gasteiger partial charge in [0.25, 0.3) is 5.56 Å². The molecule has 3 aromatic heterocycles. The monoisotopic (exact) mass is 402 g/mol. The zero-order chi connectivity index (χ0) is 18.3. The van der Waals surface area contributed by atoms with Gasteiger partial charge in [-0.25, -0.2) is 9.79 Å². The summed E-state index contributed by atoms with van der Waals surface area (Å²) >= 11 is 4.41. The van der Waals surface area contributed by atoms with Crippen molar-refractivity contribution in [3.05, 3.63) is 75.7 Å². The molecule has 0 spiro atoms. The van der Waals surface area contributed by atoms with Gasteiger partial charge in [-0.15, -0.1) is 22.7 Å². The highest BCUT2D eigenvalue weighted by Crippen LogP contribution is 2.32. The highest BCUT2D eigenvalue weighted by molar-refractivity contribution is 7.11. The predicted octanol–water partition coefficient (Wildman–Crippen LogP) is 2.53. The van der Waals surface area contributed by atoms with Crippen LogP contribution in [-0.2, 0) is 9.53 Å². The van der Waals surface area contributed by atoms with Gasteiger partial charge in [0, 0.05) is 9.75 Å². The van der Waals surface area contributed by atoms with Gasteiger partial charge < -0.3 is 4.74 Å². The first-order valence-electron chi connectivity index (χ1n) is 7.78. The van der Waals surface area contributed by atoms with Crippen LogP contribution in [0.2, 0.25) is 0 Å². The smallest absolute Gasteiger partial charge is 0.338 e. The molecule has 0 N–H and O–H groups in total. The molecule has 1 aliphatic rings. The maximum Gasteiger partial charge on any atom is 0.338 e. The number of rotatable bonds is 3. The largest absolute Gasteiger partial charge is 0.466 e. The van der Waals surface area contributed by atoms with Crippen LogP contribution in [-0.4, -0.2) is 17.6 Å². The van der Waals surface area contributed by atoms with Crippen LogP contribution >= 0.6 is 34.0 Å². The summed E-state index contributed by atoms with van der Waals surface area (Å²) in [6.07, 6.45) is 1.87. The number of hydrogen-bond acceptors (Lipinski definition) is 7. The minimum atomic E-state index is -0.510. The Morgan fingerprint density at radius 1 is 1.27 bits per heavy atom. The van der Waals surface area contributed by atoms with Crippen LogP contribution in [0.1, 0.15) is 22.7 Å². The molecule has 0 saturated carbocycles. The van der Waals surface area contributed by atoms with Gasteiger partial charge in [0.2, 0.25) is 0 Å². The molecule has 0 unspecified atom stereocenters. The van der Waals surface area contributed by atoms with Crippen molar-refractivity contribution in [2.24, 2.45) is 4.99 Å². The van der Waals surface area contributed by atoms with E-state index < -0.39 is 12.0 Å². The molecule has 4 heterocycles. The third kappa shape index (κ3) is 2.80. The van der Waals surface area contributed by atoms with Crippen molar-refractivity contribution in [2.45, 2.75) is 13.0 Å². The number of carbonyl (C=O) groups excluding carboxylic acids is 1. The van der Waals surface area contributed by atoms with E-state index in [0.717, 1.165) is 9.75 Å². The lowest BCUT2D eigenvalue weighted by Crippen LogP contribution is -2.39. The maximum atomic E-state index is 13.1. The van der Waals surface area contributed by atoms with E-state index in [4.69, 9.17) is 4.74 Å². The van der Waals surface area contributed by atoms with Crippen LogP contribution in [0, 0.1) is 0 Å². The van der Waals surface area contributed by atoms with Gasteiger partial charge in [0.1, 0.15) is 6.04 Å². The number of ether oxygens (including phenoxy) is 1. The molecule has 132 valence electrons. The molecule has 1 aliphatic heterocycles. The van der Waals surface area contributed by atoms with Crippen LogP contribution in [0.15, 0.2) is 56.1 Å². The summed E-state index contributed by atoms with van der Waals surface area (Å²) in [7, 11) is 1.34. The Bertz CT molecular complexity index is 1170. The predicted molar refractivity (Wildman–Crippen MR) is 104 cm³/mol. The first-order chi connectivity index (χ1) is 12.6. The zero-order valence-corrected chi connectivity index (χ0v) is 16.4. The van der Waals surface area contributed by atoms with Crippen LogP contribution in [0.5, 0.6) is 0 Å². The number of aromatic nitrogens is 1. The van der Waals surface area contributed by atoms with E-state index in [-0.39, 0.29) is 5.56 Å². The summed E-state index contributed by atoms with van der Waals surface area (Å²) in [5, 5.41) is 3.90. The van der Waals surface area contributed by atoms with Crippen molar-refractivity contribution >= 4 is 46.1 Å². The van der Waals surface area contributed by atoms with Gasteiger partial charge >= 0.3 is 5.97 Å². The summed E-state index contributed by atoms with van der Waals surface area (Å²) in [5.74, 6) is -0.461. The molecule has 0 radical (unpaired) electrons. The second kappa shape index (κ2) is 6.79. The number of fused-ring (bicyclic) bond motifs is 1. The fraction of sp³-hybridized carbons (Fsp3) is 0.167. The van der Waals surface area contributed by atoms with E-state index in [9.17, 15) is 9.59 Å². The number of hydrogen-bond donors (Lipinski definition) is 0. The SMILES string of the molecule is COC(=O)C1=C(C)N=c2s/c(=C\c3cccs3)c(=O)n2[C@@H]1c1cccs1. The lowest BCUT2D eigenvalue weighted by molar-refractivity contribution is -0.136. The lowest BCUT2D eigenvalue weighted by atomic mass is 10.0. The Morgan fingerprint density at radius 3 is 2.69 bits per heavy atom. The second-order valence-corrected chi connectivity index (χ2v) is 8.57. The van der Waals surface area contributed by atoms with Gasteiger partial charge in [0.05, 0.1) is 22.9 Å². The molecule has 0 amide bonds. The molecule has 1 atom stereocenters. The standard InChI is InChI=1S/C18H14N2O3S3/c1-10-14(17(22)23-2)15(12-6-4-8-25-12)20-16(21)13(26-18(20)19-10)9-11-5-3-7-24-11/h3-9,15H,1-2H3/b13-9-/t15-/m1/s1.